The molecule has 5 rings (SSSR count). The molecule has 1 atom stereocenters. The number of rotatable bonds is 4. The van der Waals surface area contributed by atoms with Crippen molar-refractivity contribution < 1.29 is 14.3 Å². The molecule has 3 aliphatic rings. The Bertz CT molecular complexity index is 1010. The maximum atomic E-state index is 13.9. The maximum absolute atomic E-state index is 13.9. The second kappa shape index (κ2) is 11.2. The number of nitrogens with one attached hydrogen (secondary N) is 1. The van der Waals surface area contributed by atoms with Crippen LogP contribution in [0.3, 0.4) is 0 Å². The second-order valence-electron chi connectivity index (χ2n) is 9.01. The number of para-hydroxylation sites is 1. The average Bonchev–Trinajstić information content (AvgIpc) is 2.98. The van der Waals surface area contributed by atoms with E-state index < -0.39 is 0 Å². The lowest BCUT2D eigenvalue weighted by atomic mass is 9.93. The van der Waals surface area contributed by atoms with Crippen molar-refractivity contribution in [3.05, 3.63) is 48.2 Å². The smallest absolute Gasteiger partial charge is 0.330 e. The van der Waals surface area contributed by atoms with E-state index in [1.165, 1.54) is 0 Å². The summed E-state index contributed by atoms with van der Waals surface area (Å²) >= 11 is 0. The van der Waals surface area contributed by atoms with E-state index in [4.69, 9.17) is 4.74 Å². The molecule has 2 aromatic rings. The van der Waals surface area contributed by atoms with Gasteiger partial charge in [0.25, 0.3) is 5.91 Å². The first-order valence-corrected chi connectivity index (χ1v) is 12.0. The number of morpholine rings is 1. The van der Waals surface area contributed by atoms with Gasteiger partial charge in [-0.3, -0.25) is 9.69 Å². The molecule has 0 aliphatic carbocycles. The van der Waals surface area contributed by atoms with Crippen LogP contribution in [0.2, 0.25) is 0 Å². The molecule has 2 saturated heterocycles. The van der Waals surface area contributed by atoms with Crippen LogP contribution < -0.4 is 10.2 Å². The van der Waals surface area contributed by atoms with Gasteiger partial charge in [0.05, 0.1) is 30.2 Å². The summed E-state index contributed by atoms with van der Waals surface area (Å²) in [5, 5.41) is 2.91. The highest BCUT2D eigenvalue weighted by Crippen LogP contribution is 2.37. The van der Waals surface area contributed by atoms with E-state index in [-0.39, 0.29) is 24.3 Å². The van der Waals surface area contributed by atoms with Gasteiger partial charge in [-0.15, -0.1) is 12.4 Å². The summed E-state index contributed by atoms with van der Waals surface area (Å²) in [4.78, 5) is 37.2. The van der Waals surface area contributed by atoms with Gasteiger partial charge >= 0.3 is 6.03 Å². The number of pyridine rings is 1. The lowest BCUT2D eigenvalue weighted by molar-refractivity contribution is 0.0362. The molecule has 1 unspecified atom stereocenters. The van der Waals surface area contributed by atoms with Crippen LogP contribution in [-0.2, 0) is 4.74 Å². The van der Waals surface area contributed by atoms with Crippen LogP contribution in [0.25, 0.3) is 0 Å². The van der Waals surface area contributed by atoms with E-state index in [0.29, 0.717) is 28.7 Å². The first-order valence-electron chi connectivity index (χ1n) is 12.0. The Hall–Kier alpha value is -2.68. The predicted molar refractivity (Wildman–Crippen MR) is 134 cm³/mol. The Balaban J connectivity index is 0.00000274. The number of urea groups is 1. The molecule has 9 heteroatoms. The first-order chi connectivity index (χ1) is 16.2. The number of carbonyl (C=O) groups is 2. The van der Waals surface area contributed by atoms with Crippen LogP contribution in [0.4, 0.5) is 22.0 Å². The lowest BCUT2D eigenvalue weighted by Gasteiger charge is -2.36. The van der Waals surface area contributed by atoms with Gasteiger partial charge < -0.3 is 15.0 Å². The molecule has 1 N–H and O–H groups in total. The third kappa shape index (κ3) is 5.19. The molecule has 0 bridgehead atoms. The number of fused-ring (bicyclic) bond motifs is 2. The van der Waals surface area contributed by atoms with Crippen molar-refractivity contribution in [3.63, 3.8) is 0 Å². The molecule has 3 amide bonds. The van der Waals surface area contributed by atoms with E-state index in [0.717, 1.165) is 71.6 Å². The van der Waals surface area contributed by atoms with Crippen molar-refractivity contribution in [2.45, 2.75) is 25.7 Å². The Kier molecular flexibility index (Phi) is 8.03. The van der Waals surface area contributed by atoms with E-state index in [1.54, 1.807) is 29.3 Å². The van der Waals surface area contributed by atoms with Crippen molar-refractivity contribution in [2.24, 2.45) is 5.92 Å². The Morgan fingerprint density at radius 1 is 1.12 bits per heavy atom. The number of carbonyl (C=O) groups excluding carboxylic acids is 2. The SMILES string of the molecule is Cl.O=C1Nc2cccnc2N(C(=O)N2CCCC(CCCN3CCOCC3)C2)c2ccccc21. The highest BCUT2D eigenvalue weighted by atomic mass is 35.5. The molecule has 4 heterocycles. The molecule has 182 valence electrons. The highest BCUT2D eigenvalue weighted by Gasteiger charge is 2.34. The van der Waals surface area contributed by atoms with Crippen LogP contribution in [0.15, 0.2) is 42.6 Å². The minimum atomic E-state index is -0.227. The number of ether oxygens (including phenoxy) is 1. The van der Waals surface area contributed by atoms with Crippen molar-refractivity contribution in [1.82, 2.24) is 14.8 Å². The molecule has 3 aliphatic heterocycles. The molecule has 1 aromatic carbocycles. The summed E-state index contributed by atoms with van der Waals surface area (Å²) in [6, 6.07) is 10.7. The highest BCUT2D eigenvalue weighted by molar-refractivity contribution is 6.16. The third-order valence-corrected chi connectivity index (χ3v) is 6.81. The minimum Gasteiger partial charge on any atom is -0.379 e. The third-order valence-electron chi connectivity index (χ3n) is 6.81. The Morgan fingerprint density at radius 2 is 1.94 bits per heavy atom. The number of anilines is 3. The molecule has 0 saturated carbocycles. The Labute approximate surface area is 206 Å². The number of aromatic nitrogens is 1. The zero-order valence-corrected chi connectivity index (χ0v) is 20.1. The predicted octanol–water partition coefficient (Wildman–Crippen LogP) is 4.15. The lowest BCUT2D eigenvalue weighted by Crippen LogP contribution is -2.46. The van der Waals surface area contributed by atoms with Gasteiger partial charge in [-0.1, -0.05) is 12.1 Å². The van der Waals surface area contributed by atoms with E-state index >= 15 is 0 Å². The number of benzene rings is 1. The van der Waals surface area contributed by atoms with E-state index in [1.807, 2.05) is 23.1 Å². The maximum Gasteiger partial charge on any atom is 0.330 e. The topological polar surface area (TPSA) is 78.0 Å². The molecule has 2 fully saturated rings. The molecular weight excluding hydrogens is 454 g/mol. The van der Waals surface area contributed by atoms with E-state index in [2.05, 4.69) is 15.2 Å². The Morgan fingerprint density at radius 3 is 2.79 bits per heavy atom. The molecule has 0 radical (unpaired) electrons. The molecular formula is C25H32ClN5O3. The largest absolute Gasteiger partial charge is 0.379 e. The fourth-order valence-electron chi connectivity index (χ4n) is 5.07. The molecule has 8 nitrogen and oxygen atoms in total. The van der Waals surface area contributed by atoms with Gasteiger partial charge in [0.2, 0.25) is 0 Å². The fraction of sp³-hybridized carbons (Fsp3) is 0.480. The summed E-state index contributed by atoms with van der Waals surface area (Å²) in [6.45, 7) is 6.25. The zero-order valence-electron chi connectivity index (χ0n) is 19.3. The fourth-order valence-corrected chi connectivity index (χ4v) is 5.07. The summed E-state index contributed by atoms with van der Waals surface area (Å²) in [6.07, 6.45) is 6.06. The van der Waals surface area contributed by atoms with Crippen molar-refractivity contribution in [2.75, 3.05) is 56.2 Å². The number of nitrogens with zero attached hydrogens (tertiary/aromatic N) is 4. The van der Waals surface area contributed by atoms with Crippen LogP contribution in [0.1, 0.15) is 36.0 Å². The van der Waals surface area contributed by atoms with Gasteiger partial charge in [0.1, 0.15) is 0 Å². The van der Waals surface area contributed by atoms with Crippen LogP contribution in [-0.4, -0.2) is 72.7 Å². The van der Waals surface area contributed by atoms with Gasteiger partial charge in [0, 0.05) is 32.4 Å². The summed E-state index contributed by atoms with van der Waals surface area (Å²) in [5.41, 5.74) is 1.60. The van der Waals surface area contributed by atoms with Crippen LogP contribution >= 0.6 is 12.4 Å². The summed E-state index contributed by atoms with van der Waals surface area (Å²) in [7, 11) is 0. The quantitative estimate of drug-likeness (QED) is 0.703. The minimum absolute atomic E-state index is 0. The summed E-state index contributed by atoms with van der Waals surface area (Å²) in [5.74, 6) is 0.735. The number of halogens is 1. The summed E-state index contributed by atoms with van der Waals surface area (Å²) < 4.78 is 5.44. The van der Waals surface area contributed by atoms with Crippen molar-refractivity contribution in [1.29, 1.82) is 0 Å². The molecule has 0 spiro atoms. The van der Waals surface area contributed by atoms with Crippen LogP contribution in [0, 0.1) is 5.92 Å². The normalized spacial score (nSPS) is 20.5. The second-order valence-corrected chi connectivity index (χ2v) is 9.01. The molecule has 34 heavy (non-hydrogen) atoms. The first kappa shape index (κ1) is 24.4. The van der Waals surface area contributed by atoms with Gasteiger partial charge in [-0.25, -0.2) is 14.7 Å². The number of likely N-dealkylation sites (tertiary alicyclic amines) is 1. The van der Waals surface area contributed by atoms with Gasteiger partial charge in [-0.2, -0.15) is 0 Å². The van der Waals surface area contributed by atoms with Crippen molar-refractivity contribution in [3.8, 4) is 0 Å². The number of amides is 3. The van der Waals surface area contributed by atoms with Crippen molar-refractivity contribution >= 4 is 41.5 Å². The monoisotopic (exact) mass is 485 g/mol. The number of hydrogen-bond donors (Lipinski definition) is 1. The van der Waals surface area contributed by atoms with Crippen LogP contribution in [0.5, 0.6) is 0 Å². The average molecular weight is 486 g/mol. The number of hydrogen-bond acceptors (Lipinski definition) is 5. The molecule has 1 aromatic heterocycles. The zero-order chi connectivity index (χ0) is 22.6. The number of piperidine rings is 1. The van der Waals surface area contributed by atoms with Gasteiger partial charge in [-0.05, 0) is 62.4 Å². The standard InChI is InChI=1S/C25H31N5O3.ClH/c31-24-20-8-1-2-10-22(20)30(23-21(27-24)9-3-11-26-23)25(32)29-13-5-7-19(18-29)6-4-12-28-14-16-33-17-15-28;/h1-3,8-11,19H,4-7,12-18H2,(H,27,31);1H. The van der Waals surface area contributed by atoms with E-state index in [9.17, 15) is 9.59 Å². The van der Waals surface area contributed by atoms with Gasteiger partial charge in [0.15, 0.2) is 5.82 Å².